The number of esters is 2. The Kier molecular flexibility index (Phi) is 5.24. The van der Waals surface area contributed by atoms with Crippen LogP contribution in [0.4, 0.5) is 0 Å². The highest BCUT2D eigenvalue weighted by Gasteiger charge is 2.42. The molecule has 0 aromatic rings. The summed E-state index contributed by atoms with van der Waals surface area (Å²) in [4.78, 5) is 29.5. The normalized spacial score (nSPS) is 39.8. The lowest BCUT2D eigenvalue weighted by molar-refractivity contribution is -0.159. The molecular formula is C20H32N2O4. The molecule has 4 heterocycles. The molecule has 26 heavy (non-hydrogen) atoms. The minimum absolute atomic E-state index is 0.0175. The van der Waals surface area contributed by atoms with Gasteiger partial charge >= 0.3 is 11.9 Å². The van der Waals surface area contributed by atoms with Crippen LogP contribution in [0.5, 0.6) is 0 Å². The molecule has 2 unspecified atom stereocenters. The minimum atomic E-state index is -0.108. The van der Waals surface area contributed by atoms with E-state index in [1.807, 2.05) is 0 Å². The van der Waals surface area contributed by atoms with Crippen molar-refractivity contribution in [2.45, 2.75) is 75.5 Å². The highest BCUT2D eigenvalue weighted by molar-refractivity contribution is 5.73. The molecule has 6 nitrogen and oxygen atoms in total. The van der Waals surface area contributed by atoms with Crippen molar-refractivity contribution in [3.63, 3.8) is 0 Å². The molecule has 4 rings (SSSR count). The largest absolute Gasteiger partial charge is 0.462 e. The average molecular weight is 364 g/mol. The van der Waals surface area contributed by atoms with Crippen LogP contribution in [0.3, 0.4) is 0 Å². The van der Waals surface area contributed by atoms with Crippen molar-refractivity contribution in [1.82, 2.24) is 9.80 Å². The van der Waals surface area contributed by atoms with E-state index in [4.69, 9.17) is 9.47 Å². The molecule has 0 aromatic carbocycles. The summed E-state index contributed by atoms with van der Waals surface area (Å²) in [6.45, 7) is 0.372. The van der Waals surface area contributed by atoms with Gasteiger partial charge in [-0.3, -0.25) is 9.59 Å². The molecule has 4 bridgehead atoms. The Bertz CT molecular complexity index is 478. The van der Waals surface area contributed by atoms with Gasteiger partial charge in [0.2, 0.25) is 0 Å². The second-order valence-corrected chi connectivity index (χ2v) is 8.77. The maximum atomic E-state index is 12.3. The highest BCUT2D eigenvalue weighted by Crippen LogP contribution is 2.38. The van der Waals surface area contributed by atoms with Gasteiger partial charge in [0.1, 0.15) is 13.2 Å². The van der Waals surface area contributed by atoms with Gasteiger partial charge in [-0.05, 0) is 65.5 Å². The van der Waals surface area contributed by atoms with E-state index in [0.29, 0.717) is 24.2 Å². The Morgan fingerprint density at radius 3 is 1.31 bits per heavy atom. The van der Waals surface area contributed by atoms with Gasteiger partial charge in [0.05, 0.1) is 11.8 Å². The zero-order valence-electron chi connectivity index (χ0n) is 16.1. The molecule has 146 valence electrons. The predicted molar refractivity (Wildman–Crippen MR) is 96.5 cm³/mol. The van der Waals surface area contributed by atoms with Gasteiger partial charge in [0, 0.05) is 24.2 Å². The SMILES string of the molecule is CN1[C@@H]2CC[C@H]1CC(C(=O)OCCOC(=O)C1C[C@H]3CC[C@@H](C1)N3C)C2. The van der Waals surface area contributed by atoms with E-state index >= 15 is 0 Å². The van der Waals surface area contributed by atoms with E-state index in [9.17, 15) is 9.59 Å². The number of carbonyl (C=O) groups excluding carboxylic acids is 2. The summed E-state index contributed by atoms with van der Waals surface area (Å²) in [5, 5.41) is 0. The van der Waals surface area contributed by atoms with E-state index < -0.39 is 0 Å². The van der Waals surface area contributed by atoms with Crippen LogP contribution < -0.4 is 0 Å². The number of piperidine rings is 2. The molecule has 0 spiro atoms. The van der Waals surface area contributed by atoms with Crippen LogP contribution in [-0.4, -0.2) is 73.2 Å². The first kappa shape index (κ1) is 18.2. The molecule has 0 aliphatic carbocycles. The molecule has 4 saturated heterocycles. The summed E-state index contributed by atoms with van der Waals surface area (Å²) in [7, 11) is 4.33. The second-order valence-electron chi connectivity index (χ2n) is 8.77. The Balaban J connectivity index is 1.15. The number of nitrogens with zero attached hydrogens (tertiary/aromatic N) is 2. The van der Waals surface area contributed by atoms with Crippen LogP contribution in [0.2, 0.25) is 0 Å². The van der Waals surface area contributed by atoms with Crippen LogP contribution in [-0.2, 0) is 19.1 Å². The number of hydrogen-bond donors (Lipinski definition) is 0. The van der Waals surface area contributed by atoms with Crippen LogP contribution in [0.25, 0.3) is 0 Å². The number of hydrogen-bond acceptors (Lipinski definition) is 6. The summed E-state index contributed by atoms with van der Waals surface area (Å²) in [6.07, 6.45) is 8.41. The first-order chi connectivity index (χ1) is 12.5. The topological polar surface area (TPSA) is 59.1 Å². The van der Waals surface area contributed by atoms with Gasteiger partial charge in [-0.1, -0.05) is 0 Å². The summed E-state index contributed by atoms with van der Waals surface area (Å²) in [5.74, 6) is -0.181. The third-order valence-electron chi connectivity index (χ3n) is 7.44. The molecule has 4 aliphatic heterocycles. The van der Waals surface area contributed by atoms with E-state index in [0.717, 1.165) is 25.7 Å². The van der Waals surface area contributed by atoms with Crippen molar-refractivity contribution in [3.8, 4) is 0 Å². The molecule has 0 saturated carbocycles. The summed E-state index contributed by atoms with van der Waals surface area (Å²) in [5.41, 5.74) is 0. The van der Waals surface area contributed by atoms with E-state index in [1.165, 1.54) is 25.7 Å². The summed E-state index contributed by atoms with van der Waals surface area (Å²) >= 11 is 0. The second kappa shape index (κ2) is 7.47. The van der Waals surface area contributed by atoms with E-state index in [1.54, 1.807) is 0 Å². The Hall–Kier alpha value is -1.14. The van der Waals surface area contributed by atoms with Gasteiger partial charge in [0.15, 0.2) is 0 Å². The van der Waals surface area contributed by atoms with Crippen molar-refractivity contribution < 1.29 is 19.1 Å². The summed E-state index contributed by atoms with van der Waals surface area (Å²) < 4.78 is 10.8. The third kappa shape index (κ3) is 3.50. The molecule has 6 atom stereocenters. The standard InChI is InChI=1S/C20H32N2O4/c1-21-15-3-4-16(21)10-13(9-15)19(23)25-7-8-26-20(24)14-11-17-5-6-18(12-14)22(17)2/h13-18H,3-12H2,1-2H3/t13?,14?,15-,16+,17-,18+. The lowest BCUT2D eigenvalue weighted by Crippen LogP contribution is -2.43. The van der Waals surface area contributed by atoms with Crippen LogP contribution >= 0.6 is 0 Å². The zero-order valence-corrected chi connectivity index (χ0v) is 16.1. The molecule has 0 radical (unpaired) electrons. The Morgan fingerprint density at radius 1 is 0.692 bits per heavy atom. The van der Waals surface area contributed by atoms with Gasteiger partial charge in [-0.15, -0.1) is 0 Å². The quantitative estimate of drug-likeness (QED) is 0.548. The van der Waals surface area contributed by atoms with Crippen molar-refractivity contribution in [3.05, 3.63) is 0 Å². The Labute approximate surface area is 156 Å². The molecule has 4 aliphatic rings. The van der Waals surface area contributed by atoms with Crippen LogP contribution in [0.1, 0.15) is 51.4 Å². The van der Waals surface area contributed by atoms with E-state index in [-0.39, 0.29) is 37.0 Å². The number of fused-ring (bicyclic) bond motifs is 4. The van der Waals surface area contributed by atoms with Gasteiger partial charge in [-0.2, -0.15) is 0 Å². The first-order valence-corrected chi connectivity index (χ1v) is 10.3. The molecule has 0 aromatic heterocycles. The summed E-state index contributed by atoms with van der Waals surface area (Å²) in [6, 6.07) is 2.13. The highest BCUT2D eigenvalue weighted by atomic mass is 16.6. The molecule has 0 amide bonds. The van der Waals surface area contributed by atoms with Crippen molar-refractivity contribution in [2.75, 3.05) is 27.3 Å². The van der Waals surface area contributed by atoms with Crippen molar-refractivity contribution in [2.24, 2.45) is 11.8 Å². The molecule has 4 fully saturated rings. The fourth-order valence-electron chi connectivity index (χ4n) is 5.73. The number of ether oxygens (including phenoxy) is 2. The maximum absolute atomic E-state index is 12.3. The van der Waals surface area contributed by atoms with Crippen molar-refractivity contribution in [1.29, 1.82) is 0 Å². The Morgan fingerprint density at radius 2 is 1.00 bits per heavy atom. The fraction of sp³-hybridized carbons (Fsp3) is 0.900. The molecule has 6 heteroatoms. The predicted octanol–water partition coefficient (Wildman–Crippen LogP) is 1.82. The lowest BCUT2D eigenvalue weighted by Gasteiger charge is -2.35. The smallest absolute Gasteiger partial charge is 0.309 e. The maximum Gasteiger partial charge on any atom is 0.309 e. The van der Waals surface area contributed by atoms with Gasteiger partial charge in [-0.25, -0.2) is 0 Å². The van der Waals surface area contributed by atoms with Gasteiger partial charge in [0.25, 0.3) is 0 Å². The van der Waals surface area contributed by atoms with E-state index in [2.05, 4.69) is 23.9 Å². The van der Waals surface area contributed by atoms with Crippen LogP contribution in [0, 0.1) is 11.8 Å². The lowest BCUT2D eigenvalue weighted by atomic mass is 9.91. The fourth-order valence-corrected chi connectivity index (χ4v) is 5.73. The molecular weight excluding hydrogens is 332 g/mol. The molecule has 0 N–H and O–H groups in total. The van der Waals surface area contributed by atoms with Gasteiger partial charge < -0.3 is 19.3 Å². The zero-order chi connectivity index (χ0) is 18.3. The van der Waals surface area contributed by atoms with Crippen LogP contribution in [0.15, 0.2) is 0 Å². The van der Waals surface area contributed by atoms with Crippen molar-refractivity contribution >= 4 is 11.9 Å². The average Bonchev–Trinajstić information content (AvgIpc) is 2.98. The number of rotatable bonds is 5. The third-order valence-corrected chi connectivity index (χ3v) is 7.44. The minimum Gasteiger partial charge on any atom is -0.462 e. The monoisotopic (exact) mass is 364 g/mol. The first-order valence-electron chi connectivity index (χ1n) is 10.3. The number of carbonyl (C=O) groups is 2.